The van der Waals surface area contributed by atoms with E-state index in [1.54, 1.807) is 51.3 Å². The standard InChI is InChI=1S/C20H25NO6S/c1-14-12-16(13-19(15(14)2)28(23,24)21(3)4)20(22)27-11-10-26-18-8-6-17(25-5)7-9-18/h6-9,12-13H,10-11H2,1-5H3. The zero-order chi connectivity index (χ0) is 20.9. The molecule has 2 aromatic rings. The third-order valence-electron chi connectivity index (χ3n) is 4.26. The number of esters is 1. The number of rotatable bonds is 8. The third kappa shape index (κ3) is 5.02. The molecule has 0 fully saturated rings. The van der Waals surface area contributed by atoms with Gasteiger partial charge in [-0.2, -0.15) is 0 Å². The zero-order valence-electron chi connectivity index (χ0n) is 16.7. The fraction of sp³-hybridized carbons (Fsp3) is 0.350. The largest absolute Gasteiger partial charge is 0.497 e. The first-order valence-electron chi connectivity index (χ1n) is 8.64. The van der Waals surface area contributed by atoms with Crippen LogP contribution in [0.5, 0.6) is 11.5 Å². The van der Waals surface area contributed by atoms with Crippen LogP contribution in [-0.2, 0) is 14.8 Å². The van der Waals surface area contributed by atoms with E-state index < -0.39 is 16.0 Å². The van der Waals surface area contributed by atoms with Crippen molar-refractivity contribution in [3.63, 3.8) is 0 Å². The van der Waals surface area contributed by atoms with E-state index in [1.807, 2.05) is 0 Å². The van der Waals surface area contributed by atoms with Gasteiger partial charge in [-0.25, -0.2) is 17.5 Å². The van der Waals surface area contributed by atoms with Gasteiger partial charge in [0.2, 0.25) is 10.0 Å². The number of carbonyl (C=O) groups excluding carboxylic acids is 1. The van der Waals surface area contributed by atoms with Crippen LogP contribution in [0.4, 0.5) is 0 Å². The average molecular weight is 407 g/mol. The fourth-order valence-corrected chi connectivity index (χ4v) is 3.68. The summed E-state index contributed by atoms with van der Waals surface area (Å²) in [6.07, 6.45) is 0. The molecular formula is C20H25NO6S. The number of carbonyl (C=O) groups is 1. The highest BCUT2D eigenvalue weighted by Gasteiger charge is 2.23. The first kappa shape index (κ1) is 21.7. The Kier molecular flexibility index (Phi) is 7.04. The fourth-order valence-electron chi connectivity index (χ4n) is 2.46. The minimum atomic E-state index is -3.66. The normalized spacial score (nSPS) is 11.4. The van der Waals surface area contributed by atoms with Gasteiger partial charge in [0.05, 0.1) is 17.6 Å². The quantitative estimate of drug-likeness (QED) is 0.494. The Morgan fingerprint density at radius 2 is 1.61 bits per heavy atom. The summed E-state index contributed by atoms with van der Waals surface area (Å²) in [5.74, 6) is 0.746. The second-order valence-corrected chi connectivity index (χ2v) is 8.48. The van der Waals surface area contributed by atoms with Crippen molar-refractivity contribution in [3.05, 3.63) is 53.1 Å². The maximum atomic E-state index is 12.5. The molecule has 0 bridgehead atoms. The molecule has 0 heterocycles. The van der Waals surface area contributed by atoms with Gasteiger partial charge < -0.3 is 14.2 Å². The molecule has 7 nitrogen and oxygen atoms in total. The summed E-state index contributed by atoms with van der Waals surface area (Å²) in [6.45, 7) is 3.68. The second-order valence-electron chi connectivity index (χ2n) is 6.36. The molecule has 2 rings (SSSR count). The van der Waals surface area contributed by atoms with Crippen LogP contribution in [0.3, 0.4) is 0 Å². The summed E-state index contributed by atoms with van der Waals surface area (Å²) in [6, 6.07) is 10.0. The van der Waals surface area contributed by atoms with E-state index in [4.69, 9.17) is 14.2 Å². The van der Waals surface area contributed by atoms with Crippen molar-refractivity contribution in [1.82, 2.24) is 4.31 Å². The van der Waals surface area contributed by atoms with E-state index in [0.717, 1.165) is 10.1 Å². The van der Waals surface area contributed by atoms with Crippen LogP contribution in [0.25, 0.3) is 0 Å². The van der Waals surface area contributed by atoms with Crippen molar-refractivity contribution in [2.24, 2.45) is 0 Å². The van der Waals surface area contributed by atoms with Crippen molar-refractivity contribution in [1.29, 1.82) is 0 Å². The molecule has 0 N–H and O–H groups in total. The third-order valence-corrected chi connectivity index (χ3v) is 6.20. The van der Waals surface area contributed by atoms with Crippen LogP contribution in [0, 0.1) is 13.8 Å². The van der Waals surface area contributed by atoms with Gasteiger partial charge in [-0.3, -0.25) is 0 Å². The van der Waals surface area contributed by atoms with Crippen molar-refractivity contribution in [3.8, 4) is 11.5 Å². The number of benzene rings is 2. The number of sulfonamides is 1. The molecule has 0 radical (unpaired) electrons. The summed E-state index contributed by atoms with van der Waals surface area (Å²) in [4.78, 5) is 12.4. The topological polar surface area (TPSA) is 82.1 Å². The zero-order valence-corrected chi connectivity index (χ0v) is 17.5. The highest BCUT2D eigenvalue weighted by atomic mass is 32.2. The minimum absolute atomic E-state index is 0.0353. The van der Waals surface area contributed by atoms with Crippen molar-refractivity contribution < 1.29 is 27.4 Å². The van der Waals surface area contributed by atoms with Crippen LogP contribution in [-0.4, -0.2) is 53.1 Å². The number of aryl methyl sites for hydroxylation is 1. The van der Waals surface area contributed by atoms with Crippen LogP contribution in [0.1, 0.15) is 21.5 Å². The van der Waals surface area contributed by atoms with Gasteiger partial charge in [0.15, 0.2) is 0 Å². The monoisotopic (exact) mass is 407 g/mol. The summed E-state index contributed by atoms with van der Waals surface area (Å²) >= 11 is 0. The molecule has 8 heteroatoms. The average Bonchev–Trinajstić information content (AvgIpc) is 2.67. The minimum Gasteiger partial charge on any atom is -0.497 e. The molecule has 0 unspecified atom stereocenters. The van der Waals surface area contributed by atoms with Crippen molar-refractivity contribution in [2.75, 3.05) is 34.4 Å². The molecule has 28 heavy (non-hydrogen) atoms. The molecule has 0 amide bonds. The Morgan fingerprint density at radius 1 is 1.00 bits per heavy atom. The Balaban J connectivity index is 2.03. The Labute approximate surface area is 165 Å². The number of nitrogens with zero attached hydrogens (tertiary/aromatic N) is 1. The molecule has 0 aliphatic carbocycles. The first-order chi connectivity index (χ1) is 13.2. The lowest BCUT2D eigenvalue weighted by molar-refractivity contribution is 0.0450. The van der Waals surface area contributed by atoms with Crippen LogP contribution in [0.15, 0.2) is 41.3 Å². The SMILES string of the molecule is COc1ccc(OCCOC(=O)c2cc(C)c(C)c(S(=O)(=O)N(C)C)c2)cc1. The number of hydrogen-bond acceptors (Lipinski definition) is 6. The molecule has 0 atom stereocenters. The lowest BCUT2D eigenvalue weighted by atomic mass is 10.1. The molecular weight excluding hydrogens is 382 g/mol. The van der Waals surface area contributed by atoms with Crippen molar-refractivity contribution in [2.45, 2.75) is 18.7 Å². The van der Waals surface area contributed by atoms with Gasteiger partial charge in [-0.1, -0.05) is 0 Å². The Bertz CT molecular complexity index is 936. The summed E-state index contributed by atoms with van der Waals surface area (Å²) < 4.78 is 41.9. The molecule has 152 valence electrons. The number of ether oxygens (including phenoxy) is 3. The van der Waals surface area contributed by atoms with Crippen LogP contribution in [0.2, 0.25) is 0 Å². The maximum Gasteiger partial charge on any atom is 0.338 e. The molecule has 0 saturated heterocycles. The molecule has 0 aliphatic rings. The highest BCUT2D eigenvalue weighted by molar-refractivity contribution is 7.89. The lowest BCUT2D eigenvalue weighted by Gasteiger charge is -2.16. The van der Waals surface area contributed by atoms with E-state index in [0.29, 0.717) is 16.9 Å². The van der Waals surface area contributed by atoms with Crippen LogP contribution < -0.4 is 9.47 Å². The predicted molar refractivity (Wildman–Crippen MR) is 106 cm³/mol. The van der Waals surface area contributed by atoms with E-state index in [9.17, 15) is 13.2 Å². The highest BCUT2D eigenvalue weighted by Crippen LogP contribution is 2.24. The smallest absolute Gasteiger partial charge is 0.338 e. The summed E-state index contributed by atoms with van der Waals surface area (Å²) in [7, 11) is 0.818. The van der Waals surface area contributed by atoms with Gasteiger partial charge in [0.25, 0.3) is 0 Å². The van der Waals surface area contributed by atoms with E-state index in [1.165, 1.54) is 20.2 Å². The van der Waals surface area contributed by atoms with Gasteiger partial charge in [0, 0.05) is 14.1 Å². The molecule has 2 aromatic carbocycles. The first-order valence-corrected chi connectivity index (χ1v) is 10.1. The second kappa shape index (κ2) is 9.07. The Morgan fingerprint density at radius 3 is 2.18 bits per heavy atom. The molecule has 0 saturated carbocycles. The van der Waals surface area contributed by atoms with E-state index >= 15 is 0 Å². The van der Waals surface area contributed by atoms with Crippen molar-refractivity contribution >= 4 is 16.0 Å². The molecule has 0 spiro atoms. The summed E-state index contributed by atoms with van der Waals surface area (Å²) in [5.41, 5.74) is 1.49. The van der Waals surface area contributed by atoms with E-state index in [2.05, 4.69) is 0 Å². The lowest BCUT2D eigenvalue weighted by Crippen LogP contribution is -2.24. The van der Waals surface area contributed by atoms with Gasteiger partial charge in [0.1, 0.15) is 24.7 Å². The van der Waals surface area contributed by atoms with Gasteiger partial charge in [-0.05, 0) is 61.4 Å². The van der Waals surface area contributed by atoms with E-state index in [-0.39, 0.29) is 23.7 Å². The van der Waals surface area contributed by atoms with Gasteiger partial charge >= 0.3 is 5.97 Å². The summed E-state index contributed by atoms with van der Waals surface area (Å²) in [5, 5.41) is 0. The Hall–Kier alpha value is -2.58. The van der Waals surface area contributed by atoms with Crippen LogP contribution >= 0.6 is 0 Å². The predicted octanol–water partition coefficient (Wildman–Crippen LogP) is 2.80. The number of hydrogen-bond donors (Lipinski definition) is 0. The molecule has 0 aromatic heterocycles. The maximum absolute atomic E-state index is 12.5. The number of methoxy groups -OCH3 is 1. The van der Waals surface area contributed by atoms with Gasteiger partial charge in [-0.15, -0.1) is 0 Å². The molecule has 0 aliphatic heterocycles.